The third-order valence-electron chi connectivity index (χ3n) is 3.96. The van der Waals surface area contributed by atoms with Crippen molar-refractivity contribution in [2.45, 2.75) is 0 Å². The minimum absolute atomic E-state index is 0.321. The Balaban J connectivity index is 1.42. The normalized spacial score (nSPS) is 12.3. The van der Waals surface area contributed by atoms with Crippen molar-refractivity contribution in [2.75, 3.05) is 18.5 Å². The number of hydrogen-bond donors (Lipinski definition) is 2. The number of hydrogen-bond acceptors (Lipinski definition) is 5. The summed E-state index contributed by atoms with van der Waals surface area (Å²) >= 11 is 1.62. The Labute approximate surface area is 159 Å². The van der Waals surface area contributed by atoms with E-state index in [0.717, 1.165) is 10.4 Å². The SMILES string of the molecule is O=C(NC(=O)c1ccc2c(c1)OCCO2)Nc1cccc(-c2cccs2)c1. The van der Waals surface area contributed by atoms with Gasteiger partial charge in [-0.3, -0.25) is 10.1 Å². The van der Waals surface area contributed by atoms with E-state index in [9.17, 15) is 9.59 Å². The predicted molar refractivity (Wildman–Crippen MR) is 104 cm³/mol. The maximum Gasteiger partial charge on any atom is 0.326 e. The predicted octanol–water partition coefficient (Wildman–Crippen LogP) is 4.15. The summed E-state index contributed by atoms with van der Waals surface area (Å²) in [7, 11) is 0. The summed E-state index contributed by atoms with van der Waals surface area (Å²) in [4.78, 5) is 25.6. The van der Waals surface area contributed by atoms with Crippen molar-refractivity contribution in [1.29, 1.82) is 0 Å². The molecule has 2 N–H and O–H groups in total. The van der Waals surface area contributed by atoms with Crippen molar-refractivity contribution in [3.8, 4) is 21.9 Å². The van der Waals surface area contributed by atoms with Crippen molar-refractivity contribution >= 4 is 29.0 Å². The average Bonchev–Trinajstić information content (AvgIpc) is 3.22. The summed E-state index contributed by atoms with van der Waals surface area (Å²) in [6.07, 6.45) is 0. The second-order valence-corrected chi connectivity index (χ2v) is 6.77. The molecule has 0 radical (unpaired) electrons. The van der Waals surface area contributed by atoms with Crippen LogP contribution in [0.5, 0.6) is 11.5 Å². The Morgan fingerprint density at radius 2 is 1.78 bits per heavy atom. The molecule has 1 aliphatic heterocycles. The first kappa shape index (κ1) is 17.1. The van der Waals surface area contributed by atoms with E-state index in [0.29, 0.717) is 36.0 Å². The molecule has 0 saturated heterocycles. The highest BCUT2D eigenvalue weighted by Crippen LogP contribution is 2.30. The highest BCUT2D eigenvalue weighted by atomic mass is 32.1. The molecule has 3 aromatic rings. The third kappa shape index (κ3) is 3.93. The average molecular weight is 380 g/mol. The van der Waals surface area contributed by atoms with Crippen LogP contribution in [0.1, 0.15) is 10.4 Å². The molecule has 0 saturated carbocycles. The Bertz CT molecular complexity index is 985. The molecule has 0 aliphatic carbocycles. The second-order valence-electron chi connectivity index (χ2n) is 5.82. The van der Waals surface area contributed by atoms with Gasteiger partial charge in [-0.1, -0.05) is 18.2 Å². The smallest absolute Gasteiger partial charge is 0.326 e. The molecule has 0 bridgehead atoms. The van der Waals surface area contributed by atoms with Gasteiger partial charge in [0.15, 0.2) is 11.5 Å². The molecule has 1 aliphatic rings. The quantitative estimate of drug-likeness (QED) is 0.716. The van der Waals surface area contributed by atoms with Gasteiger partial charge in [-0.2, -0.15) is 0 Å². The Morgan fingerprint density at radius 1 is 0.926 bits per heavy atom. The van der Waals surface area contributed by atoms with Gasteiger partial charge in [0.05, 0.1) is 0 Å². The van der Waals surface area contributed by atoms with Gasteiger partial charge in [-0.05, 0) is 47.3 Å². The number of nitrogens with one attached hydrogen (secondary N) is 2. The lowest BCUT2D eigenvalue weighted by Gasteiger charge is -2.18. The molecule has 0 spiro atoms. The van der Waals surface area contributed by atoms with Gasteiger partial charge in [-0.25, -0.2) is 4.79 Å². The van der Waals surface area contributed by atoms with Gasteiger partial charge in [0.1, 0.15) is 13.2 Å². The Morgan fingerprint density at radius 3 is 2.59 bits per heavy atom. The molecule has 0 atom stereocenters. The summed E-state index contributed by atoms with van der Waals surface area (Å²) in [6, 6.07) is 15.6. The van der Waals surface area contributed by atoms with E-state index >= 15 is 0 Å². The number of rotatable bonds is 3. The van der Waals surface area contributed by atoms with Crippen molar-refractivity contribution < 1.29 is 19.1 Å². The molecule has 3 amide bonds. The fourth-order valence-corrected chi connectivity index (χ4v) is 3.44. The topological polar surface area (TPSA) is 76.7 Å². The molecule has 2 aromatic carbocycles. The van der Waals surface area contributed by atoms with Gasteiger partial charge in [-0.15, -0.1) is 11.3 Å². The van der Waals surface area contributed by atoms with Crippen LogP contribution in [0.3, 0.4) is 0 Å². The summed E-state index contributed by atoms with van der Waals surface area (Å²) in [5.74, 6) is 0.574. The number of ether oxygens (including phenoxy) is 2. The Hall–Kier alpha value is -3.32. The zero-order chi connectivity index (χ0) is 18.6. The van der Waals surface area contributed by atoms with E-state index < -0.39 is 11.9 Å². The monoisotopic (exact) mass is 380 g/mol. The van der Waals surface area contributed by atoms with Crippen LogP contribution in [-0.2, 0) is 0 Å². The number of thiophene rings is 1. The van der Waals surface area contributed by atoms with Crippen molar-refractivity contribution in [2.24, 2.45) is 0 Å². The standard InChI is InChI=1S/C20H16N2O4S/c23-19(14-6-7-16-17(12-14)26-9-8-25-16)22-20(24)21-15-4-1-3-13(11-15)18-5-2-10-27-18/h1-7,10-12H,8-9H2,(H2,21,22,23,24). The fraction of sp³-hybridized carbons (Fsp3) is 0.100. The van der Waals surface area contributed by atoms with Crippen molar-refractivity contribution in [3.63, 3.8) is 0 Å². The molecule has 2 heterocycles. The highest BCUT2D eigenvalue weighted by Gasteiger charge is 2.16. The molecule has 1 aromatic heterocycles. The number of fused-ring (bicyclic) bond motifs is 1. The molecular weight excluding hydrogens is 364 g/mol. The first-order valence-corrected chi connectivity index (χ1v) is 9.23. The molecule has 27 heavy (non-hydrogen) atoms. The lowest BCUT2D eigenvalue weighted by molar-refractivity contribution is 0.0966. The molecule has 0 unspecified atom stereocenters. The van der Waals surface area contributed by atoms with Crippen LogP contribution in [0.15, 0.2) is 60.0 Å². The first-order chi connectivity index (χ1) is 13.2. The molecule has 7 heteroatoms. The van der Waals surface area contributed by atoms with E-state index in [1.807, 2.05) is 35.7 Å². The van der Waals surface area contributed by atoms with Crippen LogP contribution in [0, 0.1) is 0 Å². The van der Waals surface area contributed by atoms with Gasteiger partial charge in [0, 0.05) is 16.1 Å². The maximum absolute atomic E-state index is 12.3. The number of anilines is 1. The van der Waals surface area contributed by atoms with Gasteiger partial charge in [0.2, 0.25) is 0 Å². The van der Waals surface area contributed by atoms with E-state index in [4.69, 9.17) is 9.47 Å². The fourth-order valence-electron chi connectivity index (χ4n) is 2.72. The number of benzene rings is 2. The largest absolute Gasteiger partial charge is 0.486 e. The zero-order valence-corrected chi connectivity index (χ0v) is 15.0. The van der Waals surface area contributed by atoms with E-state index in [1.165, 1.54) is 0 Å². The van der Waals surface area contributed by atoms with Crippen LogP contribution >= 0.6 is 11.3 Å². The van der Waals surface area contributed by atoms with Gasteiger partial charge in [0.25, 0.3) is 5.91 Å². The van der Waals surface area contributed by atoms with Crippen molar-refractivity contribution in [1.82, 2.24) is 5.32 Å². The van der Waals surface area contributed by atoms with Crippen LogP contribution in [0.25, 0.3) is 10.4 Å². The summed E-state index contributed by atoms with van der Waals surface area (Å²) < 4.78 is 10.9. The van der Waals surface area contributed by atoms with Crippen molar-refractivity contribution in [3.05, 3.63) is 65.5 Å². The van der Waals surface area contributed by atoms with Crippen LogP contribution in [-0.4, -0.2) is 25.2 Å². The number of carbonyl (C=O) groups is 2. The lowest BCUT2D eigenvalue weighted by atomic mass is 10.1. The lowest BCUT2D eigenvalue weighted by Crippen LogP contribution is -2.34. The van der Waals surface area contributed by atoms with E-state index in [2.05, 4.69) is 10.6 Å². The van der Waals surface area contributed by atoms with Crippen LogP contribution < -0.4 is 20.1 Å². The number of urea groups is 1. The third-order valence-corrected chi connectivity index (χ3v) is 4.88. The summed E-state index contributed by atoms with van der Waals surface area (Å²) in [5, 5.41) is 7.00. The number of amides is 3. The van der Waals surface area contributed by atoms with Gasteiger partial charge >= 0.3 is 6.03 Å². The molecule has 0 fully saturated rings. The summed E-state index contributed by atoms with van der Waals surface area (Å²) in [6.45, 7) is 0.907. The molecule has 136 valence electrons. The maximum atomic E-state index is 12.3. The highest BCUT2D eigenvalue weighted by molar-refractivity contribution is 7.13. The first-order valence-electron chi connectivity index (χ1n) is 8.35. The molecular formula is C20H16N2O4S. The molecule has 6 nitrogen and oxygen atoms in total. The van der Waals surface area contributed by atoms with E-state index in [1.54, 1.807) is 35.6 Å². The minimum Gasteiger partial charge on any atom is -0.486 e. The minimum atomic E-state index is -0.599. The van der Waals surface area contributed by atoms with E-state index in [-0.39, 0.29) is 0 Å². The zero-order valence-electron chi connectivity index (χ0n) is 14.2. The van der Waals surface area contributed by atoms with Crippen LogP contribution in [0.2, 0.25) is 0 Å². The second kappa shape index (κ2) is 7.51. The number of imide groups is 1. The molecule has 4 rings (SSSR count). The number of carbonyl (C=O) groups excluding carboxylic acids is 2. The van der Waals surface area contributed by atoms with Crippen LogP contribution in [0.4, 0.5) is 10.5 Å². The summed E-state index contributed by atoms with van der Waals surface area (Å²) in [5.41, 5.74) is 1.93. The Kier molecular flexibility index (Phi) is 4.76. The van der Waals surface area contributed by atoms with Gasteiger partial charge < -0.3 is 14.8 Å².